The van der Waals surface area contributed by atoms with Crippen molar-refractivity contribution in [3.8, 4) is 5.75 Å². The first kappa shape index (κ1) is 18.9. The lowest BCUT2D eigenvalue weighted by molar-refractivity contribution is 0.168. The van der Waals surface area contributed by atoms with Crippen LogP contribution in [0.5, 0.6) is 5.75 Å². The monoisotopic (exact) mass is 384 g/mol. The lowest BCUT2D eigenvalue weighted by atomic mass is 10.3. The van der Waals surface area contributed by atoms with Gasteiger partial charge in [0.05, 0.1) is 24.3 Å². The van der Waals surface area contributed by atoms with E-state index < -0.39 is 16.1 Å². The highest BCUT2D eigenvalue weighted by molar-refractivity contribution is 7.92. The minimum atomic E-state index is -3.85. The summed E-state index contributed by atoms with van der Waals surface area (Å²) < 4.78 is 37.3. The van der Waals surface area contributed by atoms with Crippen LogP contribution in [0.3, 0.4) is 0 Å². The Bertz CT molecular complexity index is 853. The molecule has 0 aliphatic heterocycles. The summed E-state index contributed by atoms with van der Waals surface area (Å²) in [5.74, 6) is 0.341. The number of sulfonamides is 1. The maximum Gasteiger partial charge on any atom is 0.411 e. The van der Waals surface area contributed by atoms with E-state index in [0.29, 0.717) is 16.5 Å². The Morgan fingerprint density at radius 2 is 1.84 bits per heavy atom. The molecule has 0 unspecified atom stereocenters. The van der Waals surface area contributed by atoms with E-state index >= 15 is 0 Å². The van der Waals surface area contributed by atoms with E-state index in [1.165, 1.54) is 37.4 Å². The Balaban J connectivity index is 2.20. The van der Waals surface area contributed by atoms with Crippen molar-refractivity contribution in [2.24, 2.45) is 0 Å². The van der Waals surface area contributed by atoms with Crippen LogP contribution in [0.25, 0.3) is 0 Å². The number of anilines is 2. The average molecular weight is 385 g/mol. The van der Waals surface area contributed by atoms with Gasteiger partial charge in [0.25, 0.3) is 10.0 Å². The number of hydrogen-bond donors (Lipinski definition) is 2. The summed E-state index contributed by atoms with van der Waals surface area (Å²) in [6.07, 6.45) is -0.611. The highest BCUT2D eigenvalue weighted by Gasteiger charge is 2.17. The molecule has 25 heavy (non-hydrogen) atoms. The first-order chi connectivity index (χ1) is 11.9. The van der Waals surface area contributed by atoms with Gasteiger partial charge < -0.3 is 9.47 Å². The highest BCUT2D eigenvalue weighted by Crippen LogP contribution is 2.30. The maximum atomic E-state index is 12.5. The molecule has 0 radical (unpaired) electrons. The van der Waals surface area contributed by atoms with Gasteiger partial charge in [0.1, 0.15) is 5.75 Å². The molecule has 9 heteroatoms. The van der Waals surface area contributed by atoms with E-state index in [1.807, 2.05) is 0 Å². The number of carbonyl (C=O) groups is 1. The molecular weight excluding hydrogens is 368 g/mol. The number of halogens is 1. The maximum absolute atomic E-state index is 12.5. The molecule has 0 saturated heterocycles. The van der Waals surface area contributed by atoms with Gasteiger partial charge in [0.15, 0.2) is 0 Å². The Morgan fingerprint density at radius 1 is 1.16 bits per heavy atom. The van der Waals surface area contributed by atoms with E-state index in [-0.39, 0.29) is 17.2 Å². The topological polar surface area (TPSA) is 93.7 Å². The summed E-state index contributed by atoms with van der Waals surface area (Å²) in [4.78, 5) is 11.4. The Labute approximate surface area is 151 Å². The van der Waals surface area contributed by atoms with Crippen LogP contribution in [0.4, 0.5) is 16.2 Å². The van der Waals surface area contributed by atoms with Gasteiger partial charge in [0.2, 0.25) is 0 Å². The molecule has 7 nitrogen and oxygen atoms in total. The quantitative estimate of drug-likeness (QED) is 0.791. The van der Waals surface area contributed by atoms with Gasteiger partial charge in [-0.2, -0.15) is 0 Å². The van der Waals surface area contributed by atoms with Crippen LogP contribution in [-0.2, 0) is 14.8 Å². The zero-order valence-electron chi connectivity index (χ0n) is 13.6. The summed E-state index contributed by atoms with van der Waals surface area (Å²) >= 11 is 5.90. The van der Waals surface area contributed by atoms with Crippen molar-refractivity contribution >= 4 is 39.1 Å². The number of benzene rings is 2. The molecule has 0 bridgehead atoms. The predicted molar refractivity (Wildman–Crippen MR) is 95.9 cm³/mol. The van der Waals surface area contributed by atoms with E-state index in [4.69, 9.17) is 21.1 Å². The van der Waals surface area contributed by atoms with Gasteiger partial charge in [-0.05, 0) is 49.4 Å². The summed E-state index contributed by atoms with van der Waals surface area (Å²) in [6.45, 7) is 1.93. The van der Waals surface area contributed by atoms with Crippen LogP contribution in [-0.4, -0.2) is 28.2 Å². The molecule has 2 aromatic rings. The number of rotatable bonds is 6. The molecule has 134 valence electrons. The minimum Gasteiger partial charge on any atom is -0.495 e. The van der Waals surface area contributed by atoms with Crippen LogP contribution >= 0.6 is 11.6 Å². The second-order valence-corrected chi connectivity index (χ2v) is 6.94. The second-order valence-electron chi connectivity index (χ2n) is 4.82. The number of methoxy groups -OCH3 is 1. The zero-order chi connectivity index (χ0) is 18.4. The molecule has 0 fully saturated rings. The number of amides is 1. The third-order valence-electron chi connectivity index (χ3n) is 3.09. The van der Waals surface area contributed by atoms with Crippen molar-refractivity contribution in [1.82, 2.24) is 0 Å². The van der Waals surface area contributed by atoms with Gasteiger partial charge >= 0.3 is 6.09 Å². The molecule has 0 spiro atoms. The smallest absolute Gasteiger partial charge is 0.411 e. The standard InChI is InChI=1S/C16H17ClN2O5S/c1-3-24-16(20)18-12-5-7-13(8-6-12)25(21,22)19-14-10-11(17)4-9-15(14)23-2/h4-10,19H,3H2,1-2H3,(H,18,20). The molecule has 0 atom stereocenters. The van der Waals surface area contributed by atoms with Crippen molar-refractivity contribution in [1.29, 1.82) is 0 Å². The Morgan fingerprint density at radius 3 is 2.44 bits per heavy atom. The molecular formula is C16H17ClN2O5S. The van der Waals surface area contributed by atoms with Gasteiger partial charge in [0, 0.05) is 10.7 Å². The number of nitrogens with one attached hydrogen (secondary N) is 2. The molecule has 0 aromatic heterocycles. The van der Waals surface area contributed by atoms with Gasteiger partial charge in [-0.1, -0.05) is 11.6 Å². The van der Waals surface area contributed by atoms with Crippen LogP contribution in [0.1, 0.15) is 6.92 Å². The van der Waals surface area contributed by atoms with E-state index in [1.54, 1.807) is 19.1 Å². The lowest BCUT2D eigenvalue weighted by Gasteiger charge is -2.12. The summed E-state index contributed by atoms with van der Waals surface area (Å²) in [7, 11) is -2.42. The van der Waals surface area contributed by atoms with Crippen molar-refractivity contribution in [3.05, 3.63) is 47.5 Å². The molecule has 2 N–H and O–H groups in total. The van der Waals surface area contributed by atoms with Crippen molar-refractivity contribution in [2.45, 2.75) is 11.8 Å². The highest BCUT2D eigenvalue weighted by atomic mass is 35.5. The molecule has 2 rings (SSSR count). The van der Waals surface area contributed by atoms with E-state index in [2.05, 4.69) is 10.0 Å². The molecule has 0 aliphatic carbocycles. The zero-order valence-corrected chi connectivity index (χ0v) is 15.1. The van der Waals surface area contributed by atoms with Crippen molar-refractivity contribution in [3.63, 3.8) is 0 Å². The molecule has 0 aliphatic rings. The lowest BCUT2D eigenvalue weighted by Crippen LogP contribution is -2.15. The first-order valence-electron chi connectivity index (χ1n) is 7.26. The van der Waals surface area contributed by atoms with Gasteiger partial charge in [-0.25, -0.2) is 13.2 Å². The normalized spacial score (nSPS) is 10.8. The summed E-state index contributed by atoms with van der Waals surface area (Å²) in [5.41, 5.74) is 0.640. The van der Waals surface area contributed by atoms with Crippen molar-refractivity contribution < 1.29 is 22.7 Å². The van der Waals surface area contributed by atoms with Gasteiger partial charge in [-0.15, -0.1) is 0 Å². The molecule has 0 saturated carbocycles. The van der Waals surface area contributed by atoms with Crippen LogP contribution < -0.4 is 14.8 Å². The number of ether oxygens (including phenoxy) is 2. The molecule has 1 amide bonds. The molecule has 2 aromatic carbocycles. The number of hydrogen-bond acceptors (Lipinski definition) is 5. The Kier molecular flexibility index (Phi) is 6.11. The summed E-state index contributed by atoms with van der Waals surface area (Å²) in [6, 6.07) is 10.2. The fraction of sp³-hybridized carbons (Fsp3) is 0.188. The minimum absolute atomic E-state index is 0.0175. The third kappa shape index (κ3) is 5.01. The fourth-order valence-electron chi connectivity index (χ4n) is 1.97. The van der Waals surface area contributed by atoms with Crippen molar-refractivity contribution in [2.75, 3.05) is 23.8 Å². The SMILES string of the molecule is CCOC(=O)Nc1ccc(S(=O)(=O)Nc2cc(Cl)ccc2OC)cc1. The summed E-state index contributed by atoms with van der Waals surface area (Å²) in [5, 5.41) is 2.85. The van der Waals surface area contributed by atoms with Crippen LogP contribution in [0.15, 0.2) is 47.4 Å². The number of carbonyl (C=O) groups excluding carboxylic acids is 1. The largest absolute Gasteiger partial charge is 0.495 e. The molecule has 0 heterocycles. The average Bonchev–Trinajstić information content (AvgIpc) is 2.55. The third-order valence-corrected chi connectivity index (χ3v) is 4.71. The first-order valence-corrected chi connectivity index (χ1v) is 9.12. The predicted octanol–water partition coefficient (Wildman–Crippen LogP) is 3.72. The fourth-order valence-corrected chi connectivity index (χ4v) is 3.20. The van der Waals surface area contributed by atoms with E-state index in [0.717, 1.165) is 0 Å². The van der Waals surface area contributed by atoms with E-state index in [9.17, 15) is 13.2 Å². The van der Waals surface area contributed by atoms with Gasteiger partial charge in [-0.3, -0.25) is 10.0 Å². The van der Waals surface area contributed by atoms with Crippen LogP contribution in [0, 0.1) is 0 Å². The Hall–Kier alpha value is -2.45. The van der Waals surface area contributed by atoms with Crippen LogP contribution in [0.2, 0.25) is 5.02 Å². The second kappa shape index (κ2) is 8.09.